The summed E-state index contributed by atoms with van der Waals surface area (Å²) in [7, 11) is 0. The fourth-order valence-electron chi connectivity index (χ4n) is 1.59. The van der Waals surface area contributed by atoms with Crippen molar-refractivity contribution < 1.29 is 22.0 Å². The molecule has 0 spiro atoms. The Labute approximate surface area is 111 Å². The van der Waals surface area contributed by atoms with Crippen molar-refractivity contribution >= 4 is 11.4 Å². The molecular weight excluding hydrogens is 279 g/mol. The van der Waals surface area contributed by atoms with Crippen LogP contribution < -0.4 is 11.1 Å². The lowest BCUT2D eigenvalue weighted by Crippen LogP contribution is -2.09. The van der Waals surface area contributed by atoms with Crippen LogP contribution in [0.3, 0.4) is 0 Å². The van der Waals surface area contributed by atoms with Gasteiger partial charge in [0.05, 0.1) is 0 Å². The molecule has 2 aromatic carbocycles. The minimum Gasteiger partial charge on any atom is -0.399 e. The van der Waals surface area contributed by atoms with Crippen LogP contribution in [0.2, 0.25) is 0 Å². The molecule has 106 valence electrons. The van der Waals surface area contributed by atoms with Crippen LogP contribution in [0.15, 0.2) is 24.3 Å². The van der Waals surface area contributed by atoms with Crippen molar-refractivity contribution in [1.29, 1.82) is 0 Å². The molecule has 0 radical (unpaired) electrons. The monoisotopic (exact) mass is 288 g/mol. The van der Waals surface area contributed by atoms with Gasteiger partial charge < -0.3 is 11.1 Å². The third-order valence-electron chi connectivity index (χ3n) is 2.66. The molecule has 2 aromatic rings. The summed E-state index contributed by atoms with van der Waals surface area (Å²) in [6.45, 7) is -0.112. The normalized spacial score (nSPS) is 10.7. The highest BCUT2D eigenvalue weighted by Crippen LogP contribution is 2.27. The van der Waals surface area contributed by atoms with Crippen LogP contribution >= 0.6 is 0 Å². The Morgan fingerprint density at radius 3 is 1.70 bits per heavy atom. The van der Waals surface area contributed by atoms with Crippen LogP contribution in [0.4, 0.5) is 33.3 Å². The molecule has 0 aliphatic heterocycles. The third kappa shape index (κ3) is 2.52. The van der Waals surface area contributed by atoms with Crippen molar-refractivity contribution in [1.82, 2.24) is 0 Å². The van der Waals surface area contributed by atoms with Crippen molar-refractivity contribution in [3.63, 3.8) is 0 Å². The van der Waals surface area contributed by atoms with Crippen LogP contribution in [-0.2, 0) is 6.54 Å². The summed E-state index contributed by atoms with van der Waals surface area (Å²) in [6.07, 6.45) is 0. The smallest absolute Gasteiger partial charge is 0.200 e. The lowest BCUT2D eigenvalue weighted by atomic mass is 10.2. The van der Waals surface area contributed by atoms with E-state index in [4.69, 9.17) is 5.73 Å². The third-order valence-corrected chi connectivity index (χ3v) is 2.66. The topological polar surface area (TPSA) is 38.0 Å². The predicted molar refractivity (Wildman–Crippen MR) is 64.4 cm³/mol. The van der Waals surface area contributed by atoms with E-state index >= 15 is 0 Å². The van der Waals surface area contributed by atoms with Crippen LogP contribution in [-0.4, -0.2) is 0 Å². The van der Waals surface area contributed by atoms with E-state index in [1.807, 2.05) is 0 Å². The Balaban J connectivity index is 2.28. The highest BCUT2D eigenvalue weighted by atomic mass is 19.2. The molecule has 3 N–H and O–H groups in total. The van der Waals surface area contributed by atoms with Gasteiger partial charge in [0.1, 0.15) is 5.69 Å². The molecule has 0 saturated heterocycles. The van der Waals surface area contributed by atoms with Crippen LogP contribution in [0.1, 0.15) is 5.56 Å². The second-order valence-electron chi connectivity index (χ2n) is 4.04. The van der Waals surface area contributed by atoms with Gasteiger partial charge in [-0.2, -0.15) is 0 Å². The second-order valence-corrected chi connectivity index (χ2v) is 4.04. The molecule has 0 bridgehead atoms. The first-order chi connectivity index (χ1) is 9.41. The van der Waals surface area contributed by atoms with E-state index in [9.17, 15) is 22.0 Å². The van der Waals surface area contributed by atoms with Gasteiger partial charge in [0.25, 0.3) is 0 Å². The lowest BCUT2D eigenvalue weighted by Gasteiger charge is -2.11. The largest absolute Gasteiger partial charge is 0.399 e. The first-order valence-corrected chi connectivity index (χ1v) is 5.51. The molecule has 7 heteroatoms. The average molecular weight is 288 g/mol. The minimum absolute atomic E-state index is 0.112. The summed E-state index contributed by atoms with van der Waals surface area (Å²) in [5.74, 6) is -9.93. The zero-order chi connectivity index (χ0) is 14.9. The number of benzene rings is 2. The first kappa shape index (κ1) is 14.1. The van der Waals surface area contributed by atoms with E-state index in [1.165, 1.54) is 0 Å². The molecule has 0 atom stereocenters. The highest BCUT2D eigenvalue weighted by molar-refractivity contribution is 5.48. The van der Waals surface area contributed by atoms with Gasteiger partial charge in [0.2, 0.25) is 5.82 Å². The average Bonchev–Trinajstić information content (AvgIpc) is 2.45. The van der Waals surface area contributed by atoms with Gasteiger partial charge in [-0.05, 0) is 17.7 Å². The first-order valence-electron chi connectivity index (χ1n) is 5.51. The van der Waals surface area contributed by atoms with Crippen molar-refractivity contribution in [2.24, 2.45) is 0 Å². The van der Waals surface area contributed by atoms with Crippen LogP contribution in [0.25, 0.3) is 0 Å². The number of hydrogen-bond acceptors (Lipinski definition) is 2. The summed E-state index contributed by atoms with van der Waals surface area (Å²) in [5, 5.41) is 2.19. The summed E-state index contributed by atoms with van der Waals surface area (Å²) < 4.78 is 65.5. The maximum Gasteiger partial charge on any atom is 0.200 e. The van der Waals surface area contributed by atoms with Crippen molar-refractivity contribution in [3.05, 3.63) is 58.9 Å². The fourth-order valence-corrected chi connectivity index (χ4v) is 1.59. The van der Waals surface area contributed by atoms with Crippen molar-refractivity contribution in [3.8, 4) is 0 Å². The number of halogens is 5. The zero-order valence-electron chi connectivity index (χ0n) is 9.98. The van der Waals surface area contributed by atoms with Crippen LogP contribution in [0, 0.1) is 29.1 Å². The van der Waals surface area contributed by atoms with Gasteiger partial charge in [-0.15, -0.1) is 0 Å². The van der Waals surface area contributed by atoms with Crippen molar-refractivity contribution in [2.45, 2.75) is 6.54 Å². The number of anilines is 2. The van der Waals surface area contributed by atoms with Crippen molar-refractivity contribution in [2.75, 3.05) is 11.1 Å². The summed E-state index contributed by atoms with van der Waals surface area (Å²) in [6, 6.07) is 6.23. The Bertz CT molecular complexity index is 611. The molecule has 20 heavy (non-hydrogen) atoms. The molecule has 0 fully saturated rings. The van der Waals surface area contributed by atoms with E-state index in [2.05, 4.69) is 5.32 Å². The molecule has 0 aliphatic carbocycles. The fraction of sp³-hybridized carbons (Fsp3) is 0.0769. The standard InChI is InChI=1S/C13H9F5N2/c14-8-9(15)11(17)13(12(18)10(8)16)20-5-6-1-3-7(19)4-2-6/h1-4,20H,5,19H2. The Morgan fingerprint density at radius 1 is 0.750 bits per heavy atom. The molecule has 2 nitrogen and oxygen atoms in total. The van der Waals surface area contributed by atoms with E-state index in [0.717, 1.165) is 0 Å². The molecule has 2 rings (SSSR count). The maximum atomic E-state index is 13.4. The molecule has 0 amide bonds. The van der Waals surface area contributed by atoms with Gasteiger partial charge >= 0.3 is 0 Å². The van der Waals surface area contributed by atoms with Gasteiger partial charge in [0, 0.05) is 12.2 Å². The zero-order valence-corrected chi connectivity index (χ0v) is 9.98. The van der Waals surface area contributed by atoms with Gasteiger partial charge in [-0.25, -0.2) is 22.0 Å². The number of hydrogen-bond donors (Lipinski definition) is 2. The Morgan fingerprint density at radius 2 is 1.20 bits per heavy atom. The molecule has 0 heterocycles. The Kier molecular flexibility index (Phi) is 3.78. The van der Waals surface area contributed by atoms with E-state index in [-0.39, 0.29) is 6.54 Å². The Hall–Kier alpha value is -2.31. The summed E-state index contributed by atoms with van der Waals surface area (Å²) in [4.78, 5) is 0. The van der Waals surface area contributed by atoms with E-state index in [1.54, 1.807) is 24.3 Å². The van der Waals surface area contributed by atoms with E-state index in [0.29, 0.717) is 11.3 Å². The maximum absolute atomic E-state index is 13.4. The second kappa shape index (κ2) is 5.36. The predicted octanol–water partition coefficient (Wildman–Crippen LogP) is 3.58. The molecule has 0 aliphatic rings. The van der Waals surface area contributed by atoms with Gasteiger partial charge in [-0.3, -0.25) is 0 Å². The number of nitrogen functional groups attached to an aromatic ring is 1. The number of nitrogens with one attached hydrogen (secondary N) is 1. The molecule has 0 aromatic heterocycles. The lowest BCUT2D eigenvalue weighted by molar-refractivity contribution is 0.381. The molecular formula is C13H9F5N2. The number of nitrogens with two attached hydrogens (primary N) is 1. The molecule has 0 unspecified atom stereocenters. The van der Waals surface area contributed by atoms with Crippen LogP contribution in [0.5, 0.6) is 0 Å². The van der Waals surface area contributed by atoms with Gasteiger partial charge in [-0.1, -0.05) is 12.1 Å². The molecule has 0 saturated carbocycles. The minimum atomic E-state index is -2.18. The van der Waals surface area contributed by atoms with Gasteiger partial charge in [0.15, 0.2) is 23.3 Å². The van der Waals surface area contributed by atoms with E-state index < -0.39 is 34.8 Å². The SMILES string of the molecule is Nc1ccc(CNc2c(F)c(F)c(F)c(F)c2F)cc1. The summed E-state index contributed by atoms with van der Waals surface area (Å²) in [5.41, 5.74) is 5.46. The quantitative estimate of drug-likeness (QED) is 0.392. The highest BCUT2D eigenvalue weighted by Gasteiger charge is 2.25. The summed E-state index contributed by atoms with van der Waals surface area (Å²) >= 11 is 0. The number of rotatable bonds is 3.